The Morgan fingerprint density at radius 3 is 2.88 bits per heavy atom. The van der Waals surface area contributed by atoms with Crippen molar-refractivity contribution in [3.63, 3.8) is 0 Å². The summed E-state index contributed by atoms with van der Waals surface area (Å²) in [5.74, 6) is -0.179. The van der Waals surface area contributed by atoms with Crippen molar-refractivity contribution in [3.05, 3.63) is 53.9 Å². The van der Waals surface area contributed by atoms with Gasteiger partial charge in [0, 0.05) is 28.2 Å². The average molecular weight is 229 g/mol. The van der Waals surface area contributed by atoms with Gasteiger partial charge in [-0.3, -0.25) is 4.98 Å². The quantitative estimate of drug-likeness (QED) is 0.612. The molecule has 0 N–H and O–H groups in total. The van der Waals surface area contributed by atoms with Gasteiger partial charge in [0.2, 0.25) is 0 Å². The molecule has 0 atom stereocenters. The second-order valence-corrected chi connectivity index (χ2v) is 4.44. The molecule has 0 aliphatic carbocycles. The van der Waals surface area contributed by atoms with Gasteiger partial charge in [-0.15, -0.1) is 11.3 Å². The van der Waals surface area contributed by atoms with Crippen molar-refractivity contribution in [2.24, 2.45) is 0 Å². The van der Waals surface area contributed by atoms with E-state index >= 15 is 0 Å². The molecular formula is C13H8FNS. The second kappa shape index (κ2) is 3.68. The third kappa shape index (κ3) is 1.41. The minimum absolute atomic E-state index is 0.179. The van der Waals surface area contributed by atoms with Crippen LogP contribution in [0.1, 0.15) is 0 Å². The van der Waals surface area contributed by atoms with Crippen molar-refractivity contribution in [1.82, 2.24) is 4.98 Å². The molecule has 2 heterocycles. The first-order chi connectivity index (χ1) is 7.86. The fourth-order valence-electron chi connectivity index (χ4n) is 1.81. The van der Waals surface area contributed by atoms with Crippen LogP contribution in [0.4, 0.5) is 4.39 Å². The Morgan fingerprint density at radius 1 is 1.12 bits per heavy atom. The van der Waals surface area contributed by atoms with Gasteiger partial charge in [-0.25, -0.2) is 4.39 Å². The summed E-state index contributed by atoms with van der Waals surface area (Å²) in [6.45, 7) is 0. The van der Waals surface area contributed by atoms with Crippen molar-refractivity contribution in [3.8, 4) is 10.4 Å². The number of halogens is 1. The van der Waals surface area contributed by atoms with Crippen molar-refractivity contribution in [2.75, 3.05) is 0 Å². The number of rotatable bonds is 1. The molecule has 1 nitrogen and oxygen atoms in total. The van der Waals surface area contributed by atoms with E-state index in [-0.39, 0.29) is 5.82 Å². The highest BCUT2D eigenvalue weighted by atomic mass is 32.1. The van der Waals surface area contributed by atoms with Crippen molar-refractivity contribution in [2.45, 2.75) is 0 Å². The highest BCUT2D eigenvalue weighted by Gasteiger charge is 2.10. The second-order valence-electron chi connectivity index (χ2n) is 3.50. The molecule has 3 heteroatoms. The molecule has 0 unspecified atom stereocenters. The fraction of sp³-hybridized carbons (Fsp3) is 0. The van der Waals surface area contributed by atoms with E-state index in [0.29, 0.717) is 5.56 Å². The number of thiophene rings is 1. The van der Waals surface area contributed by atoms with Crippen LogP contribution in [0.3, 0.4) is 0 Å². The van der Waals surface area contributed by atoms with Crippen LogP contribution in [-0.4, -0.2) is 4.98 Å². The molecule has 0 radical (unpaired) electrons. The van der Waals surface area contributed by atoms with Crippen LogP contribution in [0, 0.1) is 5.82 Å². The van der Waals surface area contributed by atoms with Crippen molar-refractivity contribution >= 4 is 22.1 Å². The first-order valence-electron chi connectivity index (χ1n) is 4.92. The molecule has 0 aliphatic rings. The van der Waals surface area contributed by atoms with Crippen LogP contribution in [0.5, 0.6) is 0 Å². The van der Waals surface area contributed by atoms with Gasteiger partial charge in [0.15, 0.2) is 0 Å². The number of hydrogen-bond donors (Lipinski definition) is 0. The summed E-state index contributed by atoms with van der Waals surface area (Å²) in [4.78, 5) is 5.00. The summed E-state index contributed by atoms with van der Waals surface area (Å²) >= 11 is 1.54. The standard InChI is InChI=1S/C13H8FNS/c14-11-4-3-9-8-15-6-5-10(9)13(11)12-2-1-7-16-12/h1-8H. The molecule has 3 aromatic rings. The van der Waals surface area contributed by atoms with Crippen LogP contribution in [-0.2, 0) is 0 Å². The van der Waals surface area contributed by atoms with E-state index in [9.17, 15) is 4.39 Å². The molecule has 2 aromatic heterocycles. The van der Waals surface area contributed by atoms with Gasteiger partial charge < -0.3 is 0 Å². The zero-order chi connectivity index (χ0) is 11.0. The summed E-state index contributed by atoms with van der Waals surface area (Å²) in [5.41, 5.74) is 0.676. The highest BCUT2D eigenvalue weighted by Crippen LogP contribution is 2.33. The molecule has 3 rings (SSSR count). The Labute approximate surface area is 96.2 Å². The zero-order valence-electron chi connectivity index (χ0n) is 8.35. The lowest BCUT2D eigenvalue weighted by Crippen LogP contribution is -1.85. The predicted molar refractivity (Wildman–Crippen MR) is 65.0 cm³/mol. The van der Waals surface area contributed by atoms with Crippen LogP contribution in [0.15, 0.2) is 48.1 Å². The van der Waals surface area contributed by atoms with E-state index in [4.69, 9.17) is 0 Å². The average Bonchev–Trinajstić information content (AvgIpc) is 2.82. The highest BCUT2D eigenvalue weighted by molar-refractivity contribution is 7.13. The number of aromatic nitrogens is 1. The van der Waals surface area contributed by atoms with Crippen LogP contribution in [0.25, 0.3) is 21.2 Å². The number of benzene rings is 1. The number of pyridine rings is 1. The third-order valence-corrected chi connectivity index (χ3v) is 3.42. The van der Waals surface area contributed by atoms with Crippen molar-refractivity contribution < 1.29 is 4.39 Å². The lowest BCUT2D eigenvalue weighted by atomic mass is 10.0. The summed E-state index contributed by atoms with van der Waals surface area (Å²) < 4.78 is 13.9. The zero-order valence-corrected chi connectivity index (χ0v) is 9.17. The fourth-order valence-corrected chi connectivity index (χ4v) is 2.60. The van der Waals surface area contributed by atoms with E-state index in [1.165, 1.54) is 6.07 Å². The molecule has 0 amide bonds. The van der Waals surface area contributed by atoms with Crippen LogP contribution in [0.2, 0.25) is 0 Å². The largest absolute Gasteiger partial charge is 0.264 e. The summed E-state index contributed by atoms with van der Waals surface area (Å²) in [6, 6.07) is 8.98. The summed E-state index contributed by atoms with van der Waals surface area (Å²) in [5, 5.41) is 3.83. The van der Waals surface area contributed by atoms with Gasteiger partial charge in [-0.05, 0) is 35.0 Å². The minimum Gasteiger partial charge on any atom is -0.264 e. The topological polar surface area (TPSA) is 12.9 Å². The molecule has 16 heavy (non-hydrogen) atoms. The van der Waals surface area contributed by atoms with Gasteiger partial charge in [-0.2, -0.15) is 0 Å². The van der Waals surface area contributed by atoms with Gasteiger partial charge in [0.1, 0.15) is 5.82 Å². The molecule has 0 saturated carbocycles. The predicted octanol–water partition coefficient (Wildman–Crippen LogP) is 4.10. The SMILES string of the molecule is Fc1ccc2cnccc2c1-c1cccs1. The van der Waals surface area contributed by atoms with E-state index in [0.717, 1.165) is 15.6 Å². The molecule has 0 bridgehead atoms. The van der Waals surface area contributed by atoms with Crippen LogP contribution >= 0.6 is 11.3 Å². The van der Waals surface area contributed by atoms with Gasteiger partial charge in [0.25, 0.3) is 0 Å². The van der Waals surface area contributed by atoms with E-state index in [2.05, 4.69) is 4.98 Å². The minimum atomic E-state index is -0.179. The lowest BCUT2D eigenvalue weighted by molar-refractivity contribution is 0.633. The Kier molecular flexibility index (Phi) is 2.18. The van der Waals surface area contributed by atoms with Gasteiger partial charge in [0.05, 0.1) is 0 Å². The Hall–Kier alpha value is -1.74. The lowest BCUT2D eigenvalue weighted by Gasteiger charge is -2.05. The molecule has 0 fully saturated rings. The van der Waals surface area contributed by atoms with E-state index in [1.54, 1.807) is 29.8 Å². The van der Waals surface area contributed by atoms with Crippen molar-refractivity contribution in [1.29, 1.82) is 0 Å². The third-order valence-electron chi connectivity index (χ3n) is 2.54. The first-order valence-corrected chi connectivity index (χ1v) is 5.80. The maximum Gasteiger partial charge on any atom is 0.132 e. The number of fused-ring (bicyclic) bond motifs is 1. The molecule has 0 spiro atoms. The van der Waals surface area contributed by atoms with Gasteiger partial charge >= 0.3 is 0 Å². The maximum absolute atomic E-state index is 13.9. The Morgan fingerprint density at radius 2 is 2.06 bits per heavy atom. The molecule has 0 saturated heterocycles. The number of hydrogen-bond acceptors (Lipinski definition) is 2. The van der Waals surface area contributed by atoms with Gasteiger partial charge in [-0.1, -0.05) is 6.07 Å². The molecule has 1 aromatic carbocycles. The Bertz CT molecular complexity index is 631. The van der Waals surface area contributed by atoms with E-state index < -0.39 is 0 Å². The van der Waals surface area contributed by atoms with E-state index in [1.807, 2.05) is 23.6 Å². The Balaban J connectivity index is 2.42. The molecule has 0 aliphatic heterocycles. The molecule has 78 valence electrons. The summed E-state index contributed by atoms with van der Waals surface area (Å²) in [7, 11) is 0. The number of nitrogens with zero attached hydrogens (tertiary/aromatic N) is 1. The normalized spacial score (nSPS) is 10.8. The summed E-state index contributed by atoms with van der Waals surface area (Å²) in [6.07, 6.45) is 3.45. The smallest absolute Gasteiger partial charge is 0.132 e. The van der Waals surface area contributed by atoms with Crippen LogP contribution < -0.4 is 0 Å². The molecular weight excluding hydrogens is 221 g/mol. The maximum atomic E-state index is 13.9. The monoisotopic (exact) mass is 229 g/mol. The first kappa shape index (κ1) is 9.48.